The quantitative estimate of drug-likeness (QED) is 0.679. The van der Waals surface area contributed by atoms with Crippen molar-refractivity contribution < 1.29 is 4.79 Å². The van der Waals surface area contributed by atoms with Gasteiger partial charge in [-0.05, 0) is 18.8 Å². The van der Waals surface area contributed by atoms with Gasteiger partial charge >= 0.3 is 0 Å². The minimum absolute atomic E-state index is 0.292. The van der Waals surface area contributed by atoms with E-state index in [2.05, 4.69) is 13.8 Å². The van der Waals surface area contributed by atoms with Crippen LogP contribution in [0.4, 0.5) is 0 Å². The summed E-state index contributed by atoms with van der Waals surface area (Å²) in [5.74, 6) is 1.91. The second-order valence-electron chi connectivity index (χ2n) is 4.49. The van der Waals surface area contributed by atoms with Crippen LogP contribution in [0.1, 0.15) is 52.4 Å². The lowest BCUT2D eigenvalue weighted by Gasteiger charge is -2.08. The zero-order valence-corrected chi connectivity index (χ0v) is 11.7. The molecule has 1 aliphatic rings. The Morgan fingerprint density at radius 1 is 1.44 bits per heavy atom. The molecule has 1 amide bonds. The number of likely N-dealkylation sites (tertiary alicyclic amines) is 1. The smallest absolute Gasteiger partial charge is 0.222 e. The highest BCUT2D eigenvalue weighted by Crippen LogP contribution is 2.13. The number of rotatable bonds is 5. The summed E-state index contributed by atoms with van der Waals surface area (Å²) in [6, 6.07) is 0. The second-order valence-corrected chi connectivity index (χ2v) is 4.80. The Hall–Kier alpha value is -0.240. The number of carbonyl (C=O) groups excluding carboxylic acids is 1. The van der Waals surface area contributed by atoms with Crippen LogP contribution < -0.4 is 0 Å². The van der Waals surface area contributed by atoms with E-state index < -0.39 is 0 Å². The van der Waals surface area contributed by atoms with E-state index >= 15 is 0 Å². The van der Waals surface area contributed by atoms with Crippen molar-refractivity contribution >= 4 is 17.5 Å². The Bertz CT molecular complexity index is 181. The standard InChI is InChI=1S/C8H17Cl.C5H9NO/c1-3-5-6-8(4-2)7-9;1-6-4-2-3-5(6)7/h8H,3-7H2,1-2H3;2-4H2,1H3. The third-order valence-corrected chi connectivity index (χ3v) is 3.51. The topological polar surface area (TPSA) is 20.3 Å². The summed E-state index contributed by atoms with van der Waals surface area (Å²) >= 11 is 5.70. The largest absolute Gasteiger partial charge is 0.346 e. The molecule has 0 N–H and O–H groups in total. The lowest BCUT2D eigenvalue weighted by Crippen LogP contribution is -2.17. The number of unbranched alkanes of at least 4 members (excludes halogenated alkanes) is 1. The fourth-order valence-corrected chi connectivity index (χ4v) is 2.04. The van der Waals surface area contributed by atoms with E-state index in [0.717, 1.165) is 31.2 Å². The molecule has 1 saturated heterocycles. The minimum atomic E-state index is 0.292. The van der Waals surface area contributed by atoms with Crippen LogP contribution in [-0.2, 0) is 4.79 Å². The summed E-state index contributed by atoms with van der Waals surface area (Å²) in [6.45, 7) is 5.39. The SMILES string of the molecule is CCCCC(CC)CCl.CN1CCCC1=O. The first-order valence-corrected chi connectivity index (χ1v) is 6.99. The van der Waals surface area contributed by atoms with Gasteiger partial charge < -0.3 is 4.90 Å². The second kappa shape index (κ2) is 9.95. The normalized spacial score (nSPS) is 17.0. The zero-order chi connectivity index (χ0) is 12.4. The molecule has 1 unspecified atom stereocenters. The predicted molar refractivity (Wildman–Crippen MR) is 70.9 cm³/mol. The number of alkyl halides is 1. The van der Waals surface area contributed by atoms with Crippen molar-refractivity contribution in [3.63, 3.8) is 0 Å². The molecule has 0 aromatic rings. The lowest BCUT2D eigenvalue weighted by molar-refractivity contribution is -0.126. The monoisotopic (exact) mass is 247 g/mol. The molecule has 3 heteroatoms. The van der Waals surface area contributed by atoms with Gasteiger partial charge in [0.1, 0.15) is 0 Å². The Labute approximate surface area is 105 Å². The van der Waals surface area contributed by atoms with Crippen LogP contribution in [0, 0.1) is 5.92 Å². The zero-order valence-electron chi connectivity index (χ0n) is 11.0. The Morgan fingerprint density at radius 2 is 2.12 bits per heavy atom. The van der Waals surface area contributed by atoms with Gasteiger partial charge in [0.15, 0.2) is 0 Å². The number of amides is 1. The maximum absolute atomic E-state index is 10.5. The van der Waals surface area contributed by atoms with Crippen LogP contribution in [0.15, 0.2) is 0 Å². The molecule has 2 nitrogen and oxygen atoms in total. The van der Waals surface area contributed by atoms with Gasteiger partial charge in [0.05, 0.1) is 0 Å². The van der Waals surface area contributed by atoms with Crippen molar-refractivity contribution in [3.05, 3.63) is 0 Å². The Kier molecular flexibility index (Phi) is 9.80. The third kappa shape index (κ3) is 7.10. The number of hydrogen-bond donors (Lipinski definition) is 0. The highest BCUT2D eigenvalue weighted by Gasteiger charge is 2.14. The molecule has 0 radical (unpaired) electrons. The van der Waals surface area contributed by atoms with Crippen molar-refractivity contribution in [2.75, 3.05) is 19.5 Å². The van der Waals surface area contributed by atoms with Gasteiger partial charge in [-0.15, -0.1) is 11.6 Å². The molecule has 1 fully saturated rings. The molecule has 0 aromatic heterocycles. The number of halogens is 1. The van der Waals surface area contributed by atoms with Crippen LogP contribution in [0.2, 0.25) is 0 Å². The van der Waals surface area contributed by atoms with Crippen molar-refractivity contribution in [2.24, 2.45) is 5.92 Å². The van der Waals surface area contributed by atoms with Crippen LogP contribution in [0.3, 0.4) is 0 Å². The Balaban J connectivity index is 0.000000288. The van der Waals surface area contributed by atoms with E-state index in [-0.39, 0.29) is 0 Å². The molecule has 1 heterocycles. The van der Waals surface area contributed by atoms with Gasteiger partial charge in [0, 0.05) is 25.9 Å². The van der Waals surface area contributed by atoms with Crippen LogP contribution >= 0.6 is 11.6 Å². The summed E-state index contributed by atoms with van der Waals surface area (Å²) in [5, 5.41) is 0. The molecule has 0 bridgehead atoms. The van der Waals surface area contributed by atoms with Gasteiger partial charge in [0.2, 0.25) is 5.91 Å². The molecular weight excluding hydrogens is 222 g/mol. The molecule has 0 saturated carbocycles. The lowest BCUT2D eigenvalue weighted by atomic mass is 10.0. The van der Waals surface area contributed by atoms with Crippen molar-refractivity contribution in [2.45, 2.75) is 52.4 Å². The number of nitrogens with zero attached hydrogens (tertiary/aromatic N) is 1. The molecule has 1 atom stereocenters. The van der Waals surface area contributed by atoms with E-state index in [0.29, 0.717) is 5.91 Å². The van der Waals surface area contributed by atoms with Crippen LogP contribution in [0.25, 0.3) is 0 Å². The predicted octanol–water partition coefficient (Wildman–Crippen LogP) is 3.68. The summed E-state index contributed by atoms with van der Waals surface area (Å²) in [4.78, 5) is 12.3. The van der Waals surface area contributed by atoms with Gasteiger partial charge in [-0.2, -0.15) is 0 Å². The van der Waals surface area contributed by atoms with Crippen molar-refractivity contribution in [1.82, 2.24) is 4.90 Å². The number of carbonyl (C=O) groups is 1. The highest BCUT2D eigenvalue weighted by atomic mass is 35.5. The summed E-state index contributed by atoms with van der Waals surface area (Å²) in [5.41, 5.74) is 0. The van der Waals surface area contributed by atoms with Gasteiger partial charge in [-0.1, -0.05) is 33.1 Å². The summed E-state index contributed by atoms with van der Waals surface area (Å²) < 4.78 is 0. The van der Waals surface area contributed by atoms with Crippen LogP contribution in [-0.4, -0.2) is 30.3 Å². The maximum Gasteiger partial charge on any atom is 0.222 e. The third-order valence-electron chi connectivity index (χ3n) is 3.07. The number of hydrogen-bond acceptors (Lipinski definition) is 1. The first-order valence-electron chi connectivity index (χ1n) is 6.45. The van der Waals surface area contributed by atoms with E-state index in [1.165, 1.54) is 25.7 Å². The molecule has 0 aromatic carbocycles. The van der Waals surface area contributed by atoms with Crippen LogP contribution in [0.5, 0.6) is 0 Å². The summed E-state index contributed by atoms with van der Waals surface area (Å²) in [6.07, 6.45) is 7.00. The summed E-state index contributed by atoms with van der Waals surface area (Å²) in [7, 11) is 1.84. The molecular formula is C13H26ClNO. The Morgan fingerprint density at radius 3 is 2.38 bits per heavy atom. The maximum atomic E-state index is 10.5. The first kappa shape index (κ1) is 15.8. The van der Waals surface area contributed by atoms with Gasteiger partial charge in [-0.3, -0.25) is 4.79 Å². The van der Waals surface area contributed by atoms with E-state index in [1.54, 1.807) is 4.90 Å². The fourth-order valence-electron chi connectivity index (χ4n) is 1.67. The fraction of sp³-hybridized carbons (Fsp3) is 0.923. The van der Waals surface area contributed by atoms with Crippen molar-refractivity contribution in [3.8, 4) is 0 Å². The van der Waals surface area contributed by atoms with E-state index in [1.807, 2.05) is 7.05 Å². The van der Waals surface area contributed by atoms with Gasteiger partial charge in [0.25, 0.3) is 0 Å². The molecule has 1 rings (SSSR count). The first-order chi connectivity index (χ1) is 7.65. The molecule has 16 heavy (non-hydrogen) atoms. The average molecular weight is 248 g/mol. The molecule has 0 aliphatic carbocycles. The molecule has 96 valence electrons. The van der Waals surface area contributed by atoms with E-state index in [9.17, 15) is 4.79 Å². The van der Waals surface area contributed by atoms with Gasteiger partial charge in [-0.25, -0.2) is 0 Å². The highest BCUT2D eigenvalue weighted by molar-refractivity contribution is 6.18. The average Bonchev–Trinajstić information content (AvgIpc) is 2.66. The van der Waals surface area contributed by atoms with E-state index in [4.69, 9.17) is 11.6 Å². The van der Waals surface area contributed by atoms with Crippen molar-refractivity contribution in [1.29, 1.82) is 0 Å². The minimum Gasteiger partial charge on any atom is -0.346 e. The molecule has 1 aliphatic heterocycles. The molecule has 0 spiro atoms.